The van der Waals surface area contributed by atoms with Gasteiger partial charge in [0.2, 0.25) is 5.91 Å². The van der Waals surface area contributed by atoms with Gasteiger partial charge in [-0.2, -0.15) is 0 Å². The Labute approximate surface area is 159 Å². The number of aromatic nitrogens is 1. The van der Waals surface area contributed by atoms with E-state index in [0.717, 1.165) is 54.8 Å². The summed E-state index contributed by atoms with van der Waals surface area (Å²) < 4.78 is 0. The molecule has 0 spiro atoms. The summed E-state index contributed by atoms with van der Waals surface area (Å²) in [5.74, 6) is 1.04. The monoisotopic (exact) mass is 382 g/mol. The molecule has 5 nitrogen and oxygen atoms in total. The van der Waals surface area contributed by atoms with E-state index in [0.29, 0.717) is 11.4 Å². The van der Waals surface area contributed by atoms with Crippen LogP contribution in [0.2, 0.25) is 5.02 Å². The van der Waals surface area contributed by atoms with E-state index < -0.39 is 0 Å². The molecule has 136 valence electrons. The average Bonchev–Trinajstić information content (AvgIpc) is 2.96. The number of amides is 1. The van der Waals surface area contributed by atoms with E-state index in [-0.39, 0.29) is 24.4 Å². The van der Waals surface area contributed by atoms with Crippen molar-refractivity contribution in [3.63, 3.8) is 0 Å². The quantitative estimate of drug-likeness (QED) is 0.746. The lowest BCUT2D eigenvalue weighted by Gasteiger charge is -2.18. The lowest BCUT2D eigenvalue weighted by molar-refractivity contribution is -0.127. The van der Waals surface area contributed by atoms with Gasteiger partial charge in [-0.15, -0.1) is 12.4 Å². The zero-order valence-corrected chi connectivity index (χ0v) is 15.9. The first-order valence-corrected chi connectivity index (χ1v) is 8.80. The number of carbonyl (C=O) groups excluding carboxylic acids is 1. The molecule has 1 amide bonds. The molecule has 1 fully saturated rings. The van der Waals surface area contributed by atoms with Gasteiger partial charge in [0.05, 0.1) is 10.5 Å². The number of benzene rings is 1. The number of rotatable bonds is 6. The summed E-state index contributed by atoms with van der Waals surface area (Å²) in [4.78, 5) is 18.2. The van der Waals surface area contributed by atoms with Crippen LogP contribution in [0.5, 0.6) is 0 Å². The second-order valence-electron chi connectivity index (χ2n) is 6.29. The molecule has 2 heterocycles. The highest BCUT2D eigenvalue weighted by Gasteiger charge is 2.19. The van der Waals surface area contributed by atoms with E-state index in [1.54, 1.807) is 0 Å². The Kier molecular flexibility index (Phi) is 6.87. The Morgan fingerprint density at radius 3 is 2.92 bits per heavy atom. The molecular weight excluding hydrogens is 359 g/mol. The topological polar surface area (TPSA) is 71.2 Å². The van der Waals surface area contributed by atoms with Gasteiger partial charge in [0, 0.05) is 43.0 Å². The zero-order valence-electron chi connectivity index (χ0n) is 14.3. The second kappa shape index (κ2) is 8.70. The molecule has 1 aromatic heterocycles. The summed E-state index contributed by atoms with van der Waals surface area (Å²) in [5.41, 5.74) is 7.85. The van der Waals surface area contributed by atoms with Gasteiger partial charge in [-0.25, -0.2) is 4.98 Å². The maximum absolute atomic E-state index is 11.6. The van der Waals surface area contributed by atoms with Crippen LogP contribution in [0.1, 0.15) is 37.8 Å². The van der Waals surface area contributed by atoms with Crippen LogP contribution in [-0.4, -0.2) is 35.4 Å². The van der Waals surface area contributed by atoms with E-state index >= 15 is 0 Å². The lowest BCUT2D eigenvalue weighted by atomic mass is 10.1. The molecule has 0 saturated carbocycles. The van der Waals surface area contributed by atoms with Gasteiger partial charge in [0.25, 0.3) is 0 Å². The molecule has 3 N–H and O–H groups in total. The standard InChI is InChI=1S/C18H23ClN4O.ClH/c1-12(20)14-11-13-5-2-6-15(19)17(13)22-18(14)21-8-4-10-23-9-3-7-16(23)24;/h2,5-6,11-12H,3-4,7-10,20H2,1H3,(H,21,22);1H/t12-;/m0./s1. The van der Waals surface area contributed by atoms with Crippen LogP contribution < -0.4 is 11.1 Å². The maximum Gasteiger partial charge on any atom is 0.222 e. The Hall–Kier alpha value is -1.56. The van der Waals surface area contributed by atoms with Crippen molar-refractivity contribution in [2.75, 3.05) is 25.0 Å². The van der Waals surface area contributed by atoms with E-state index in [1.807, 2.05) is 36.1 Å². The minimum atomic E-state index is -0.122. The summed E-state index contributed by atoms with van der Waals surface area (Å²) in [7, 11) is 0. The third kappa shape index (κ3) is 4.54. The average molecular weight is 383 g/mol. The summed E-state index contributed by atoms with van der Waals surface area (Å²) in [6.45, 7) is 4.36. The van der Waals surface area contributed by atoms with Crippen molar-refractivity contribution in [2.24, 2.45) is 5.73 Å². The SMILES string of the molecule is C[C@H](N)c1cc2cccc(Cl)c2nc1NCCCN1CCCC1=O.Cl. The number of para-hydroxylation sites is 1. The summed E-state index contributed by atoms with van der Waals surface area (Å²) in [6.07, 6.45) is 2.55. The first-order chi connectivity index (χ1) is 11.6. The van der Waals surface area contributed by atoms with Crippen LogP contribution in [0, 0.1) is 0 Å². The predicted molar refractivity (Wildman–Crippen MR) is 106 cm³/mol. The van der Waals surface area contributed by atoms with Crippen molar-refractivity contribution in [1.82, 2.24) is 9.88 Å². The fraction of sp³-hybridized carbons (Fsp3) is 0.444. The van der Waals surface area contributed by atoms with Gasteiger partial charge in [-0.05, 0) is 31.9 Å². The molecule has 1 aliphatic rings. The molecule has 1 aliphatic heterocycles. The van der Waals surface area contributed by atoms with Gasteiger partial charge in [-0.1, -0.05) is 23.7 Å². The molecule has 0 bridgehead atoms. The molecule has 7 heteroatoms. The Morgan fingerprint density at radius 2 is 2.24 bits per heavy atom. The van der Waals surface area contributed by atoms with Crippen molar-refractivity contribution in [2.45, 2.75) is 32.2 Å². The van der Waals surface area contributed by atoms with Crippen LogP contribution in [0.4, 0.5) is 5.82 Å². The molecule has 2 aromatic rings. The molecule has 0 aliphatic carbocycles. The molecule has 1 atom stereocenters. The highest BCUT2D eigenvalue weighted by atomic mass is 35.5. The minimum absolute atomic E-state index is 0. The first-order valence-electron chi connectivity index (χ1n) is 8.42. The smallest absolute Gasteiger partial charge is 0.222 e. The second-order valence-corrected chi connectivity index (χ2v) is 6.70. The Morgan fingerprint density at radius 1 is 1.44 bits per heavy atom. The highest BCUT2D eigenvalue weighted by Crippen LogP contribution is 2.28. The highest BCUT2D eigenvalue weighted by molar-refractivity contribution is 6.35. The molecule has 1 saturated heterocycles. The van der Waals surface area contributed by atoms with Crippen molar-refractivity contribution < 1.29 is 4.79 Å². The van der Waals surface area contributed by atoms with E-state index in [4.69, 9.17) is 17.3 Å². The van der Waals surface area contributed by atoms with Crippen LogP contribution in [-0.2, 0) is 4.79 Å². The molecule has 0 unspecified atom stereocenters. The third-order valence-electron chi connectivity index (χ3n) is 4.39. The lowest BCUT2D eigenvalue weighted by Crippen LogP contribution is -2.27. The number of nitrogens with one attached hydrogen (secondary N) is 1. The summed E-state index contributed by atoms with van der Waals surface area (Å²) in [6, 6.07) is 7.67. The summed E-state index contributed by atoms with van der Waals surface area (Å²) >= 11 is 6.26. The Bertz CT molecular complexity index is 751. The number of likely N-dealkylation sites (tertiary alicyclic amines) is 1. The number of hydrogen-bond donors (Lipinski definition) is 2. The van der Waals surface area contributed by atoms with Crippen molar-refractivity contribution in [3.8, 4) is 0 Å². The molecule has 3 rings (SSSR count). The van der Waals surface area contributed by atoms with E-state index in [2.05, 4.69) is 10.3 Å². The van der Waals surface area contributed by atoms with Crippen LogP contribution >= 0.6 is 24.0 Å². The molecule has 1 aromatic carbocycles. The molecular formula is C18H24Cl2N4O. The maximum atomic E-state index is 11.6. The van der Waals surface area contributed by atoms with Gasteiger partial charge in [0.1, 0.15) is 5.82 Å². The third-order valence-corrected chi connectivity index (χ3v) is 4.69. The number of nitrogens with two attached hydrogens (primary N) is 1. The van der Waals surface area contributed by atoms with Gasteiger partial charge >= 0.3 is 0 Å². The van der Waals surface area contributed by atoms with Crippen molar-refractivity contribution >= 4 is 46.6 Å². The zero-order chi connectivity index (χ0) is 17.1. The van der Waals surface area contributed by atoms with Gasteiger partial charge in [-0.3, -0.25) is 4.79 Å². The number of fused-ring (bicyclic) bond motifs is 1. The summed E-state index contributed by atoms with van der Waals surface area (Å²) in [5, 5.41) is 4.99. The number of anilines is 1. The predicted octanol–water partition coefficient (Wildman–Crippen LogP) is 3.75. The van der Waals surface area contributed by atoms with Crippen LogP contribution in [0.15, 0.2) is 24.3 Å². The fourth-order valence-corrected chi connectivity index (χ4v) is 3.31. The van der Waals surface area contributed by atoms with E-state index in [1.165, 1.54) is 0 Å². The number of nitrogens with zero attached hydrogens (tertiary/aromatic N) is 2. The van der Waals surface area contributed by atoms with Gasteiger partial charge in [0.15, 0.2) is 0 Å². The number of halogens is 2. The van der Waals surface area contributed by atoms with Crippen LogP contribution in [0.3, 0.4) is 0 Å². The van der Waals surface area contributed by atoms with Crippen molar-refractivity contribution in [1.29, 1.82) is 0 Å². The minimum Gasteiger partial charge on any atom is -0.370 e. The normalized spacial score (nSPS) is 15.3. The molecule has 0 radical (unpaired) electrons. The van der Waals surface area contributed by atoms with E-state index in [9.17, 15) is 4.79 Å². The number of pyridine rings is 1. The largest absolute Gasteiger partial charge is 0.370 e. The number of carbonyl (C=O) groups is 1. The molecule has 25 heavy (non-hydrogen) atoms. The van der Waals surface area contributed by atoms with Gasteiger partial charge < -0.3 is 16.0 Å². The van der Waals surface area contributed by atoms with Crippen LogP contribution in [0.25, 0.3) is 10.9 Å². The fourth-order valence-electron chi connectivity index (χ4n) is 3.08. The number of hydrogen-bond acceptors (Lipinski definition) is 4. The van der Waals surface area contributed by atoms with Crippen molar-refractivity contribution in [3.05, 3.63) is 34.9 Å². The Balaban J connectivity index is 0.00000225. The first kappa shape index (κ1) is 19.8.